The lowest BCUT2D eigenvalue weighted by Crippen LogP contribution is -2.51. The van der Waals surface area contributed by atoms with E-state index in [0.29, 0.717) is 16.9 Å². The van der Waals surface area contributed by atoms with Crippen LogP contribution in [0.15, 0.2) is 11.6 Å². The van der Waals surface area contributed by atoms with E-state index >= 15 is 0 Å². The fourth-order valence-electron chi connectivity index (χ4n) is 8.88. The third-order valence-electron chi connectivity index (χ3n) is 10.4. The standard InChI is InChI=1S/C27H48O2Si/c1-17(2)30(18(3)4)29-19(5)23-10-11-24-22-9-8-20-16-21(28)12-14-26(20,6)25(22)13-15-27(23,24)7/h8,17-19,21-25,28,30H,9-16H2,1-7H3/t19-,21+,22+,23-,24+,25+,26+,27-/m1/s1. The van der Waals surface area contributed by atoms with Crippen molar-refractivity contribution in [3.63, 3.8) is 0 Å². The Bertz CT molecular complexity index is 649. The molecule has 3 heteroatoms. The van der Waals surface area contributed by atoms with Crippen molar-refractivity contribution in [1.29, 1.82) is 0 Å². The first-order valence-electron chi connectivity index (χ1n) is 13.1. The summed E-state index contributed by atoms with van der Waals surface area (Å²) >= 11 is 0. The van der Waals surface area contributed by atoms with Crippen LogP contribution in [0.1, 0.15) is 99.8 Å². The molecule has 30 heavy (non-hydrogen) atoms. The average Bonchev–Trinajstić information content (AvgIpc) is 3.03. The molecule has 1 N–H and O–H groups in total. The summed E-state index contributed by atoms with van der Waals surface area (Å²) in [6.45, 7) is 17.1. The molecule has 0 saturated heterocycles. The lowest BCUT2D eigenvalue weighted by Gasteiger charge is -2.58. The number of aliphatic hydroxyl groups is 1. The van der Waals surface area contributed by atoms with Gasteiger partial charge in [0.15, 0.2) is 9.04 Å². The van der Waals surface area contributed by atoms with Crippen LogP contribution in [0.5, 0.6) is 0 Å². The fourth-order valence-corrected chi connectivity index (χ4v) is 11.7. The minimum atomic E-state index is -1.18. The van der Waals surface area contributed by atoms with Gasteiger partial charge in [-0.15, -0.1) is 0 Å². The van der Waals surface area contributed by atoms with Crippen LogP contribution in [-0.4, -0.2) is 26.4 Å². The van der Waals surface area contributed by atoms with Crippen LogP contribution in [-0.2, 0) is 4.43 Å². The molecule has 0 amide bonds. The van der Waals surface area contributed by atoms with Crippen LogP contribution in [0.2, 0.25) is 11.1 Å². The van der Waals surface area contributed by atoms with Gasteiger partial charge >= 0.3 is 0 Å². The highest BCUT2D eigenvalue weighted by molar-refractivity contribution is 6.55. The van der Waals surface area contributed by atoms with E-state index in [1.807, 2.05) is 0 Å². The van der Waals surface area contributed by atoms with Crippen LogP contribution in [0.4, 0.5) is 0 Å². The highest BCUT2D eigenvalue weighted by Gasteiger charge is 2.59. The van der Waals surface area contributed by atoms with Gasteiger partial charge in [0.1, 0.15) is 0 Å². The Morgan fingerprint density at radius 2 is 1.67 bits per heavy atom. The molecular weight excluding hydrogens is 384 g/mol. The maximum absolute atomic E-state index is 10.2. The minimum Gasteiger partial charge on any atom is -0.417 e. The summed E-state index contributed by atoms with van der Waals surface area (Å²) in [4.78, 5) is 0. The molecule has 4 rings (SSSR count). The smallest absolute Gasteiger partial charge is 0.182 e. The molecule has 0 aromatic heterocycles. The van der Waals surface area contributed by atoms with Crippen LogP contribution in [0.3, 0.4) is 0 Å². The van der Waals surface area contributed by atoms with Crippen molar-refractivity contribution in [3.05, 3.63) is 11.6 Å². The Labute approximate surface area is 188 Å². The number of aliphatic hydroxyl groups excluding tert-OH is 1. The van der Waals surface area contributed by atoms with E-state index in [-0.39, 0.29) is 6.10 Å². The molecule has 0 aromatic rings. The summed E-state index contributed by atoms with van der Waals surface area (Å²) in [5.41, 5.74) is 3.86. The molecular formula is C27H48O2Si. The van der Waals surface area contributed by atoms with Crippen molar-refractivity contribution in [2.45, 2.75) is 123 Å². The quantitative estimate of drug-likeness (QED) is 0.379. The highest BCUT2D eigenvalue weighted by atomic mass is 28.3. The molecule has 0 spiro atoms. The van der Waals surface area contributed by atoms with Gasteiger partial charge in [-0.3, -0.25) is 0 Å². The van der Waals surface area contributed by atoms with E-state index < -0.39 is 9.04 Å². The monoisotopic (exact) mass is 432 g/mol. The van der Waals surface area contributed by atoms with Crippen molar-refractivity contribution in [2.75, 3.05) is 0 Å². The predicted octanol–water partition coefficient (Wildman–Crippen LogP) is 6.88. The zero-order chi connectivity index (χ0) is 21.8. The van der Waals surface area contributed by atoms with Gasteiger partial charge < -0.3 is 9.53 Å². The number of hydrogen-bond donors (Lipinski definition) is 1. The van der Waals surface area contributed by atoms with E-state index in [1.165, 1.54) is 38.5 Å². The Balaban J connectivity index is 1.53. The van der Waals surface area contributed by atoms with Gasteiger partial charge in [-0.1, -0.05) is 53.2 Å². The van der Waals surface area contributed by atoms with Gasteiger partial charge in [-0.25, -0.2) is 0 Å². The van der Waals surface area contributed by atoms with Gasteiger partial charge in [-0.05, 0) is 104 Å². The highest BCUT2D eigenvalue weighted by Crippen LogP contribution is 2.66. The molecule has 0 bridgehead atoms. The van der Waals surface area contributed by atoms with Gasteiger partial charge in [-0.2, -0.15) is 0 Å². The Hall–Kier alpha value is -0.123. The molecule has 3 fully saturated rings. The van der Waals surface area contributed by atoms with E-state index in [1.54, 1.807) is 5.57 Å². The van der Waals surface area contributed by atoms with Gasteiger partial charge in [0, 0.05) is 6.10 Å². The number of fused-ring (bicyclic) bond motifs is 5. The van der Waals surface area contributed by atoms with E-state index in [0.717, 1.165) is 47.6 Å². The molecule has 4 aliphatic carbocycles. The third kappa shape index (κ3) is 3.69. The first-order chi connectivity index (χ1) is 14.1. The molecule has 0 radical (unpaired) electrons. The summed E-state index contributed by atoms with van der Waals surface area (Å²) in [5, 5.41) is 10.2. The summed E-state index contributed by atoms with van der Waals surface area (Å²) in [6, 6.07) is 0. The summed E-state index contributed by atoms with van der Waals surface area (Å²) in [6.07, 6.45) is 12.9. The second kappa shape index (κ2) is 8.34. The second-order valence-corrected chi connectivity index (χ2v) is 16.5. The third-order valence-corrected chi connectivity index (χ3v) is 13.8. The molecule has 2 nitrogen and oxygen atoms in total. The number of allylic oxidation sites excluding steroid dienone is 1. The minimum absolute atomic E-state index is 0.0948. The van der Waals surface area contributed by atoms with Crippen molar-refractivity contribution in [2.24, 2.45) is 34.5 Å². The first-order valence-corrected chi connectivity index (χ1v) is 14.9. The molecule has 4 aliphatic rings. The molecule has 0 heterocycles. The van der Waals surface area contributed by atoms with Crippen LogP contribution in [0.25, 0.3) is 0 Å². The molecule has 0 unspecified atom stereocenters. The van der Waals surface area contributed by atoms with E-state index in [4.69, 9.17) is 4.43 Å². The first kappa shape index (κ1) is 23.0. The van der Waals surface area contributed by atoms with E-state index in [2.05, 4.69) is 54.5 Å². The fraction of sp³-hybridized carbons (Fsp3) is 0.926. The Morgan fingerprint density at radius 3 is 2.33 bits per heavy atom. The average molecular weight is 433 g/mol. The lowest BCUT2D eigenvalue weighted by atomic mass is 9.47. The Morgan fingerprint density at radius 1 is 0.967 bits per heavy atom. The maximum atomic E-state index is 10.2. The number of rotatable bonds is 5. The van der Waals surface area contributed by atoms with E-state index in [9.17, 15) is 5.11 Å². The summed E-state index contributed by atoms with van der Waals surface area (Å²) in [7, 11) is -1.18. The van der Waals surface area contributed by atoms with Crippen LogP contribution >= 0.6 is 0 Å². The van der Waals surface area contributed by atoms with Crippen molar-refractivity contribution >= 4 is 9.04 Å². The van der Waals surface area contributed by atoms with Gasteiger partial charge in [0.05, 0.1) is 6.10 Å². The summed E-state index contributed by atoms with van der Waals surface area (Å²) in [5.74, 6) is 3.30. The Kier molecular flexibility index (Phi) is 6.41. The zero-order valence-corrected chi connectivity index (χ0v) is 21.9. The molecule has 0 aromatic carbocycles. The topological polar surface area (TPSA) is 29.5 Å². The SMILES string of the molecule is CC(C)[SiH](O[C@H](C)[C@H]1CC[C@H]2[C@@H]3CC=C4C[C@@H](O)CC[C@]4(C)[C@H]3CC[C@]12C)C(C)C. The van der Waals surface area contributed by atoms with Crippen LogP contribution in [0, 0.1) is 34.5 Å². The van der Waals surface area contributed by atoms with Crippen LogP contribution < -0.4 is 0 Å². The number of hydrogen-bond acceptors (Lipinski definition) is 2. The maximum Gasteiger partial charge on any atom is 0.182 e. The zero-order valence-electron chi connectivity index (χ0n) is 20.8. The largest absolute Gasteiger partial charge is 0.417 e. The van der Waals surface area contributed by atoms with Crippen molar-refractivity contribution < 1.29 is 9.53 Å². The lowest BCUT2D eigenvalue weighted by molar-refractivity contribution is -0.0650. The van der Waals surface area contributed by atoms with Crippen molar-refractivity contribution in [1.82, 2.24) is 0 Å². The second-order valence-electron chi connectivity index (χ2n) is 12.7. The predicted molar refractivity (Wildman–Crippen MR) is 129 cm³/mol. The molecule has 3 saturated carbocycles. The normalized spacial score (nSPS) is 44.6. The molecule has 8 atom stereocenters. The van der Waals surface area contributed by atoms with Gasteiger partial charge in [0.2, 0.25) is 0 Å². The van der Waals surface area contributed by atoms with Gasteiger partial charge in [0.25, 0.3) is 0 Å². The molecule has 0 aliphatic heterocycles. The summed E-state index contributed by atoms with van der Waals surface area (Å²) < 4.78 is 6.92. The van der Waals surface area contributed by atoms with Crippen molar-refractivity contribution in [3.8, 4) is 0 Å². The molecule has 172 valence electrons.